The first-order valence-corrected chi connectivity index (χ1v) is 13.8. The van der Waals surface area contributed by atoms with Crippen molar-refractivity contribution in [1.29, 1.82) is 0 Å². The number of piperazine rings is 1. The predicted octanol–water partition coefficient (Wildman–Crippen LogP) is 5.31. The lowest BCUT2D eigenvalue weighted by molar-refractivity contribution is -0.126. The standard InChI is InChI=1S/C30H32ClN5O3/c1-4-25(37)35-12-14-36(15-13-35)29-27-24(32-30(33-29)39-18-20-8-6-11-34(20)3)17-22(21-10-16-38-28(21)27)26-19(2)7-5-9-23(26)31/h4-5,7,9-10,16-17,20H,1,6,8,11-15,18H2,2-3H3. The third kappa shape index (κ3) is 4.72. The summed E-state index contributed by atoms with van der Waals surface area (Å²) in [6.45, 7) is 9.71. The largest absolute Gasteiger partial charge is 0.463 e. The van der Waals surface area contributed by atoms with Gasteiger partial charge in [-0.15, -0.1) is 0 Å². The summed E-state index contributed by atoms with van der Waals surface area (Å²) in [5.74, 6) is 0.697. The van der Waals surface area contributed by atoms with Gasteiger partial charge in [-0.05, 0) is 68.8 Å². The quantitative estimate of drug-likeness (QED) is 0.304. The topological polar surface area (TPSA) is 74.9 Å². The fourth-order valence-electron chi connectivity index (χ4n) is 5.80. The van der Waals surface area contributed by atoms with Crippen molar-refractivity contribution in [3.8, 4) is 17.1 Å². The number of halogens is 1. The van der Waals surface area contributed by atoms with E-state index in [2.05, 4.69) is 42.5 Å². The van der Waals surface area contributed by atoms with Crippen molar-refractivity contribution in [2.75, 3.05) is 51.3 Å². The highest BCUT2D eigenvalue weighted by Gasteiger charge is 2.27. The van der Waals surface area contributed by atoms with E-state index in [9.17, 15) is 4.79 Å². The monoisotopic (exact) mass is 545 g/mol. The molecule has 1 atom stereocenters. The molecule has 0 N–H and O–H groups in total. The van der Waals surface area contributed by atoms with Gasteiger partial charge < -0.3 is 23.9 Å². The number of rotatable bonds is 6. The summed E-state index contributed by atoms with van der Waals surface area (Å²) in [5.41, 5.74) is 4.43. The number of anilines is 1. The van der Waals surface area contributed by atoms with Crippen molar-refractivity contribution in [2.45, 2.75) is 25.8 Å². The molecule has 2 saturated heterocycles. The minimum atomic E-state index is -0.0555. The average Bonchev–Trinajstić information content (AvgIpc) is 3.60. The molecule has 1 unspecified atom stereocenters. The lowest BCUT2D eigenvalue weighted by atomic mass is 9.96. The van der Waals surface area contributed by atoms with E-state index in [1.165, 1.54) is 12.5 Å². The Balaban J connectivity index is 1.48. The molecule has 1 amide bonds. The summed E-state index contributed by atoms with van der Waals surface area (Å²) < 4.78 is 12.3. The Kier molecular flexibility index (Phi) is 6.91. The SMILES string of the molecule is C=CC(=O)N1CCN(c2nc(OCC3CCCN3C)nc3cc(-c4c(C)cccc4Cl)c4ccoc4c23)CC1. The number of fused-ring (bicyclic) bond motifs is 3. The zero-order valence-electron chi connectivity index (χ0n) is 22.3. The van der Waals surface area contributed by atoms with E-state index in [0.717, 1.165) is 51.8 Å². The second-order valence-corrected chi connectivity index (χ2v) is 10.8. The van der Waals surface area contributed by atoms with Crippen LogP contribution in [0.4, 0.5) is 5.82 Å². The average molecular weight is 546 g/mol. The molecule has 0 aliphatic carbocycles. The molecule has 0 saturated carbocycles. The van der Waals surface area contributed by atoms with E-state index in [4.69, 9.17) is 30.7 Å². The van der Waals surface area contributed by atoms with Gasteiger partial charge in [0, 0.05) is 48.2 Å². The number of aryl methyl sites for hydroxylation is 1. The van der Waals surface area contributed by atoms with Gasteiger partial charge in [0.05, 0.1) is 17.2 Å². The van der Waals surface area contributed by atoms with Gasteiger partial charge in [-0.3, -0.25) is 4.79 Å². The number of carbonyl (C=O) groups excluding carboxylic acids is 1. The molecule has 6 rings (SSSR count). The second-order valence-electron chi connectivity index (χ2n) is 10.3. The summed E-state index contributed by atoms with van der Waals surface area (Å²) in [6, 6.07) is 10.6. The van der Waals surface area contributed by atoms with Gasteiger partial charge in [-0.1, -0.05) is 30.3 Å². The van der Waals surface area contributed by atoms with Crippen molar-refractivity contribution in [1.82, 2.24) is 19.8 Å². The normalized spacial score (nSPS) is 18.3. The maximum atomic E-state index is 12.2. The molecule has 2 aromatic heterocycles. The molecule has 202 valence electrons. The van der Waals surface area contributed by atoms with Crippen molar-refractivity contribution >= 4 is 45.2 Å². The third-order valence-corrected chi connectivity index (χ3v) is 8.31. The maximum Gasteiger partial charge on any atom is 0.319 e. The molecule has 2 aliphatic heterocycles. The number of ether oxygens (including phenoxy) is 1. The van der Waals surface area contributed by atoms with E-state index in [1.54, 1.807) is 11.2 Å². The Morgan fingerprint density at radius 3 is 2.74 bits per heavy atom. The fourth-order valence-corrected chi connectivity index (χ4v) is 6.12. The number of aromatic nitrogens is 2. The smallest absolute Gasteiger partial charge is 0.319 e. The molecular weight excluding hydrogens is 514 g/mol. The number of nitrogens with zero attached hydrogens (tertiary/aromatic N) is 5. The lowest BCUT2D eigenvalue weighted by Gasteiger charge is -2.35. The van der Waals surface area contributed by atoms with Crippen LogP contribution >= 0.6 is 11.6 Å². The zero-order chi connectivity index (χ0) is 27.1. The van der Waals surface area contributed by atoms with Crippen LogP contribution in [0.25, 0.3) is 33.0 Å². The van der Waals surface area contributed by atoms with E-state index in [-0.39, 0.29) is 5.91 Å². The van der Waals surface area contributed by atoms with E-state index < -0.39 is 0 Å². The molecule has 4 heterocycles. The first-order chi connectivity index (χ1) is 18.9. The lowest BCUT2D eigenvalue weighted by Crippen LogP contribution is -2.48. The molecule has 39 heavy (non-hydrogen) atoms. The molecule has 8 nitrogen and oxygen atoms in total. The molecule has 0 spiro atoms. The number of likely N-dealkylation sites (tertiary alicyclic amines) is 1. The van der Waals surface area contributed by atoms with Crippen molar-refractivity contribution in [2.24, 2.45) is 0 Å². The number of likely N-dealkylation sites (N-methyl/N-ethyl adjacent to an activating group) is 1. The van der Waals surface area contributed by atoms with Crippen LogP contribution in [0.2, 0.25) is 5.02 Å². The summed E-state index contributed by atoms with van der Waals surface area (Å²) in [6.07, 6.45) is 5.33. The van der Waals surface area contributed by atoms with Gasteiger partial charge in [0.1, 0.15) is 18.0 Å². The molecule has 4 aromatic rings. The van der Waals surface area contributed by atoms with Crippen molar-refractivity contribution in [3.05, 3.63) is 59.8 Å². The van der Waals surface area contributed by atoms with Crippen LogP contribution in [0.1, 0.15) is 18.4 Å². The Morgan fingerprint density at radius 1 is 1.21 bits per heavy atom. The van der Waals surface area contributed by atoms with Gasteiger partial charge in [0.25, 0.3) is 0 Å². The van der Waals surface area contributed by atoms with Crippen LogP contribution in [0, 0.1) is 6.92 Å². The Morgan fingerprint density at radius 2 is 2.03 bits per heavy atom. The zero-order valence-corrected chi connectivity index (χ0v) is 23.1. The summed E-state index contributed by atoms with van der Waals surface area (Å²) in [4.78, 5) is 28.3. The number of carbonyl (C=O) groups is 1. The van der Waals surface area contributed by atoms with Crippen LogP contribution in [-0.2, 0) is 4.79 Å². The van der Waals surface area contributed by atoms with Crippen LogP contribution in [0.5, 0.6) is 6.01 Å². The summed E-state index contributed by atoms with van der Waals surface area (Å²) in [5, 5.41) is 2.46. The number of benzene rings is 2. The molecule has 2 fully saturated rings. The third-order valence-electron chi connectivity index (χ3n) is 7.99. The van der Waals surface area contributed by atoms with Crippen LogP contribution in [0.3, 0.4) is 0 Å². The second kappa shape index (κ2) is 10.5. The minimum absolute atomic E-state index is 0.0555. The predicted molar refractivity (Wildman–Crippen MR) is 155 cm³/mol. The molecular formula is C30H32ClN5O3. The molecule has 2 aromatic carbocycles. The number of furan rings is 1. The van der Waals surface area contributed by atoms with E-state index in [0.29, 0.717) is 55.4 Å². The van der Waals surface area contributed by atoms with Gasteiger partial charge >= 0.3 is 6.01 Å². The number of hydrogen-bond acceptors (Lipinski definition) is 7. The maximum absolute atomic E-state index is 12.2. The number of hydrogen-bond donors (Lipinski definition) is 0. The Hall–Kier alpha value is -3.62. The summed E-state index contributed by atoms with van der Waals surface area (Å²) >= 11 is 6.71. The van der Waals surface area contributed by atoms with Gasteiger partial charge in [-0.2, -0.15) is 9.97 Å². The van der Waals surface area contributed by atoms with Crippen molar-refractivity contribution < 1.29 is 13.9 Å². The minimum Gasteiger partial charge on any atom is -0.463 e. The Labute approximate surface area is 232 Å². The highest BCUT2D eigenvalue weighted by Crippen LogP contribution is 2.42. The van der Waals surface area contributed by atoms with Crippen LogP contribution in [0.15, 0.2) is 53.7 Å². The number of amides is 1. The molecule has 2 aliphatic rings. The van der Waals surface area contributed by atoms with E-state index >= 15 is 0 Å². The van der Waals surface area contributed by atoms with Gasteiger partial charge in [0.15, 0.2) is 0 Å². The molecule has 0 bridgehead atoms. The first kappa shape index (κ1) is 25.6. The fraction of sp³-hybridized carbons (Fsp3) is 0.367. The van der Waals surface area contributed by atoms with Gasteiger partial charge in [0.2, 0.25) is 5.91 Å². The van der Waals surface area contributed by atoms with E-state index in [1.807, 2.05) is 18.2 Å². The molecule has 0 radical (unpaired) electrons. The van der Waals surface area contributed by atoms with Gasteiger partial charge in [-0.25, -0.2) is 0 Å². The highest BCUT2D eigenvalue weighted by atomic mass is 35.5. The van der Waals surface area contributed by atoms with Crippen molar-refractivity contribution in [3.63, 3.8) is 0 Å². The molecule has 9 heteroatoms. The first-order valence-electron chi connectivity index (χ1n) is 13.4. The van der Waals surface area contributed by atoms with Crippen LogP contribution < -0.4 is 9.64 Å². The Bertz CT molecular complexity index is 1540. The van der Waals surface area contributed by atoms with Crippen LogP contribution in [-0.4, -0.2) is 78.1 Å². The highest BCUT2D eigenvalue weighted by molar-refractivity contribution is 6.34. The summed E-state index contributed by atoms with van der Waals surface area (Å²) in [7, 11) is 2.13.